The maximum Gasteiger partial charge on any atom is 0.269 e. The van der Waals surface area contributed by atoms with E-state index in [0.717, 1.165) is 11.3 Å². The third-order valence-electron chi connectivity index (χ3n) is 3.39. The van der Waals surface area contributed by atoms with E-state index in [2.05, 4.69) is 31.9 Å². The van der Waals surface area contributed by atoms with Crippen LogP contribution in [0.3, 0.4) is 0 Å². The third kappa shape index (κ3) is 4.17. The molecule has 23 heavy (non-hydrogen) atoms. The topological polar surface area (TPSA) is 63.5 Å². The van der Waals surface area contributed by atoms with E-state index in [0.29, 0.717) is 0 Å². The van der Waals surface area contributed by atoms with Gasteiger partial charge in [0.2, 0.25) is 5.91 Å². The fourth-order valence-corrected chi connectivity index (χ4v) is 3.18. The lowest BCUT2D eigenvalue weighted by atomic mass is 10.1. The number of rotatable bonds is 5. The van der Waals surface area contributed by atoms with E-state index in [1.807, 2.05) is 30.3 Å². The van der Waals surface area contributed by atoms with Crippen LogP contribution in [0.15, 0.2) is 54.6 Å². The van der Waals surface area contributed by atoms with Crippen LogP contribution in [0.1, 0.15) is 10.4 Å². The lowest BCUT2D eigenvalue weighted by Gasteiger charge is -2.23. The summed E-state index contributed by atoms with van der Waals surface area (Å²) in [7, 11) is 1.71. The van der Waals surface area contributed by atoms with Crippen molar-refractivity contribution in [2.75, 3.05) is 11.9 Å². The number of hydrogen-bond donors (Lipinski definition) is 0. The van der Waals surface area contributed by atoms with Crippen molar-refractivity contribution < 1.29 is 9.72 Å². The molecule has 2 rings (SSSR count). The summed E-state index contributed by atoms with van der Waals surface area (Å²) in [6.45, 7) is 0. The molecule has 0 spiro atoms. The number of hydrogen-bond acceptors (Lipinski definition) is 3. The Hall–Kier alpha value is -1.73. The van der Waals surface area contributed by atoms with E-state index in [1.54, 1.807) is 24.1 Å². The molecule has 2 unspecified atom stereocenters. The van der Waals surface area contributed by atoms with Crippen molar-refractivity contribution in [3.05, 3.63) is 70.3 Å². The quantitative estimate of drug-likeness (QED) is 0.391. The molecule has 0 saturated carbocycles. The van der Waals surface area contributed by atoms with Crippen LogP contribution in [-0.2, 0) is 4.79 Å². The number of benzene rings is 2. The number of carbonyl (C=O) groups is 1. The van der Waals surface area contributed by atoms with Crippen LogP contribution in [0, 0.1) is 10.1 Å². The van der Waals surface area contributed by atoms with Gasteiger partial charge in [-0.1, -0.05) is 62.2 Å². The van der Waals surface area contributed by atoms with Crippen molar-refractivity contribution in [3.63, 3.8) is 0 Å². The van der Waals surface area contributed by atoms with Crippen molar-refractivity contribution in [1.29, 1.82) is 0 Å². The van der Waals surface area contributed by atoms with E-state index in [-0.39, 0.29) is 16.4 Å². The third-order valence-corrected chi connectivity index (χ3v) is 6.08. The average Bonchev–Trinajstić information content (AvgIpc) is 2.60. The molecular formula is C16H14Br2N2O3. The SMILES string of the molecule is CN(C(=O)C(Br)C(Br)c1ccc([N+](=O)[O-])cc1)c1ccccc1. The summed E-state index contributed by atoms with van der Waals surface area (Å²) in [5.74, 6) is -0.114. The van der Waals surface area contributed by atoms with Gasteiger partial charge in [-0.3, -0.25) is 14.9 Å². The number of amides is 1. The van der Waals surface area contributed by atoms with E-state index < -0.39 is 9.75 Å². The minimum Gasteiger partial charge on any atom is -0.314 e. The Kier molecular flexibility index (Phi) is 5.90. The first-order chi connectivity index (χ1) is 10.9. The molecular weight excluding hydrogens is 428 g/mol. The number of carbonyl (C=O) groups excluding carboxylic acids is 1. The summed E-state index contributed by atoms with van der Waals surface area (Å²) < 4.78 is 0. The van der Waals surface area contributed by atoms with Crippen LogP contribution >= 0.6 is 31.9 Å². The highest BCUT2D eigenvalue weighted by Crippen LogP contribution is 2.33. The second-order valence-electron chi connectivity index (χ2n) is 4.88. The first-order valence-corrected chi connectivity index (χ1v) is 8.60. The zero-order chi connectivity index (χ0) is 17.0. The number of anilines is 1. The highest BCUT2D eigenvalue weighted by Gasteiger charge is 2.28. The van der Waals surface area contributed by atoms with Crippen LogP contribution < -0.4 is 4.90 Å². The van der Waals surface area contributed by atoms with Crippen LogP contribution in [-0.4, -0.2) is 22.7 Å². The molecule has 0 heterocycles. The van der Waals surface area contributed by atoms with E-state index in [9.17, 15) is 14.9 Å². The van der Waals surface area contributed by atoms with E-state index in [1.165, 1.54) is 12.1 Å². The Labute approximate surface area is 150 Å². The lowest BCUT2D eigenvalue weighted by Crippen LogP contribution is -2.35. The molecule has 5 nitrogen and oxygen atoms in total. The summed E-state index contributed by atoms with van der Waals surface area (Å²) in [5.41, 5.74) is 1.60. The molecule has 0 aliphatic heterocycles. The van der Waals surface area contributed by atoms with Gasteiger partial charge in [0, 0.05) is 24.9 Å². The van der Waals surface area contributed by atoms with Gasteiger partial charge in [-0.2, -0.15) is 0 Å². The molecule has 0 fully saturated rings. The molecule has 0 bridgehead atoms. The van der Waals surface area contributed by atoms with E-state index >= 15 is 0 Å². The number of alkyl halides is 2. The van der Waals surface area contributed by atoms with Gasteiger partial charge in [0.15, 0.2) is 0 Å². The summed E-state index contributed by atoms with van der Waals surface area (Å²) >= 11 is 6.91. The van der Waals surface area contributed by atoms with Crippen LogP contribution in [0.4, 0.5) is 11.4 Å². The minimum atomic E-state index is -0.505. The summed E-state index contributed by atoms with van der Waals surface area (Å²) in [4.78, 5) is 23.6. The van der Waals surface area contributed by atoms with Gasteiger partial charge < -0.3 is 4.90 Å². The monoisotopic (exact) mass is 440 g/mol. The summed E-state index contributed by atoms with van der Waals surface area (Å²) in [6.07, 6.45) is 0. The van der Waals surface area contributed by atoms with E-state index in [4.69, 9.17) is 0 Å². The maximum atomic E-state index is 12.6. The number of nitro groups is 1. The number of non-ortho nitro benzene ring substituents is 1. The molecule has 2 atom stereocenters. The van der Waals surface area contributed by atoms with Crippen molar-refractivity contribution in [1.82, 2.24) is 0 Å². The number of nitro benzene ring substituents is 1. The van der Waals surface area contributed by atoms with Gasteiger partial charge in [0.05, 0.1) is 9.75 Å². The van der Waals surface area contributed by atoms with Crippen LogP contribution in [0.2, 0.25) is 0 Å². The van der Waals surface area contributed by atoms with Crippen molar-refractivity contribution in [2.45, 2.75) is 9.65 Å². The van der Waals surface area contributed by atoms with Crippen molar-refractivity contribution in [2.24, 2.45) is 0 Å². The largest absolute Gasteiger partial charge is 0.314 e. The van der Waals surface area contributed by atoms with Crippen LogP contribution in [0.25, 0.3) is 0 Å². The van der Waals surface area contributed by atoms with Gasteiger partial charge in [-0.05, 0) is 17.7 Å². The van der Waals surface area contributed by atoms with Gasteiger partial charge in [-0.25, -0.2) is 0 Å². The predicted octanol–water partition coefficient (Wildman–Crippen LogP) is 4.46. The zero-order valence-electron chi connectivity index (χ0n) is 12.2. The normalized spacial score (nSPS) is 13.2. The first kappa shape index (κ1) is 17.6. The minimum absolute atomic E-state index is 0.0207. The maximum absolute atomic E-state index is 12.6. The predicted molar refractivity (Wildman–Crippen MR) is 97.3 cm³/mol. The molecule has 0 aliphatic rings. The molecule has 0 N–H and O–H groups in total. The summed E-state index contributed by atoms with van der Waals surface area (Å²) in [6, 6.07) is 15.5. The van der Waals surface area contributed by atoms with Gasteiger partial charge >= 0.3 is 0 Å². The van der Waals surface area contributed by atoms with Crippen molar-refractivity contribution >= 4 is 49.1 Å². The zero-order valence-corrected chi connectivity index (χ0v) is 15.4. The van der Waals surface area contributed by atoms with Gasteiger partial charge in [0.25, 0.3) is 5.69 Å². The number of nitrogens with zero attached hydrogens (tertiary/aromatic N) is 2. The molecule has 2 aromatic rings. The highest BCUT2D eigenvalue weighted by molar-refractivity contribution is 9.12. The standard InChI is InChI=1S/C16H14Br2N2O3/c1-19(12-5-3-2-4-6-12)16(21)15(18)14(17)11-7-9-13(10-8-11)20(22)23/h2-10,14-15H,1H3. The van der Waals surface area contributed by atoms with Gasteiger partial charge in [-0.15, -0.1) is 0 Å². The number of para-hydroxylation sites is 1. The second kappa shape index (κ2) is 7.70. The van der Waals surface area contributed by atoms with Gasteiger partial charge in [0.1, 0.15) is 4.83 Å². The highest BCUT2D eigenvalue weighted by atomic mass is 79.9. The second-order valence-corrected chi connectivity index (χ2v) is 6.86. The smallest absolute Gasteiger partial charge is 0.269 e. The summed E-state index contributed by atoms with van der Waals surface area (Å²) in [5, 5.41) is 10.7. The molecule has 7 heteroatoms. The van der Waals surface area contributed by atoms with Crippen LogP contribution in [0.5, 0.6) is 0 Å². The molecule has 1 amide bonds. The lowest BCUT2D eigenvalue weighted by molar-refractivity contribution is -0.384. The molecule has 0 saturated heterocycles. The molecule has 2 aromatic carbocycles. The fourth-order valence-electron chi connectivity index (χ4n) is 2.04. The Balaban J connectivity index is 2.13. The Bertz CT molecular complexity index is 692. The Morgan fingerprint density at radius 2 is 1.65 bits per heavy atom. The molecule has 0 radical (unpaired) electrons. The van der Waals surface area contributed by atoms with Crippen molar-refractivity contribution in [3.8, 4) is 0 Å². The molecule has 0 aliphatic carbocycles. The number of halogens is 2. The molecule has 120 valence electrons. The Morgan fingerprint density at radius 3 is 2.17 bits per heavy atom. The molecule has 0 aromatic heterocycles. The average molecular weight is 442 g/mol. The fraction of sp³-hybridized carbons (Fsp3) is 0.188. The Morgan fingerprint density at radius 1 is 1.09 bits per heavy atom. The first-order valence-electron chi connectivity index (χ1n) is 6.77.